The van der Waals surface area contributed by atoms with Gasteiger partial charge in [0, 0.05) is 12.1 Å². The van der Waals surface area contributed by atoms with Crippen molar-refractivity contribution in [2.24, 2.45) is 0 Å². The lowest BCUT2D eigenvalue weighted by Gasteiger charge is -2.25. The maximum Gasteiger partial charge on any atom is 0.315 e. The number of hydrogen-bond acceptors (Lipinski definition) is 6. The summed E-state index contributed by atoms with van der Waals surface area (Å²) in [5.41, 5.74) is -0.233. The molecule has 2 aromatic heterocycles. The Morgan fingerprint density at radius 1 is 1.11 bits per heavy atom. The van der Waals surface area contributed by atoms with Gasteiger partial charge in [0.2, 0.25) is 0 Å². The molecule has 0 aliphatic rings. The molecule has 1 aromatic carbocycles. The molecule has 3 aromatic rings. The lowest BCUT2D eigenvalue weighted by Crippen LogP contribution is -2.45. The Morgan fingerprint density at radius 2 is 1.93 bits per heavy atom. The molecule has 0 aliphatic carbocycles. The predicted octanol–water partition coefficient (Wildman–Crippen LogP) is 2.63. The molecule has 2 amide bonds. The molecule has 2 heterocycles. The number of amides is 2. The van der Waals surface area contributed by atoms with Crippen molar-refractivity contribution in [1.29, 1.82) is 0 Å². The number of carbonyl (C=O) groups excluding carboxylic acids is 1. The molecule has 8 nitrogen and oxygen atoms in total. The molecule has 0 bridgehead atoms. The first kappa shape index (κ1) is 19.4. The van der Waals surface area contributed by atoms with Crippen molar-refractivity contribution in [2.45, 2.75) is 12.1 Å². The topological polar surface area (TPSA) is 106 Å². The Balaban J connectivity index is 1.61. The molecule has 0 spiro atoms. The number of ether oxygens (including phenoxy) is 2. The highest BCUT2D eigenvalue weighted by Gasteiger charge is 2.36. The summed E-state index contributed by atoms with van der Waals surface area (Å²) in [6.07, 6.45) is 4.31. The second kappa shape index (κ2) is 8.53. The van der Waals surface area contributed by atoms with E-state index >= 15 is 0 Å². The van der Waals surface area contributed by atoms with E-state index in [-0.39, 0.29) is 13.1 Å². The van der Waals surface area contributed by atoms with Gasteiger partial charge in [0.25, 0.3) is 0 Å². The number of methoxy groups -OCH3 is 2. The van der Waals surface area contributed by atoms with Gasteiger partial charge in [-0.05, 0) is 35.9 Å². The molecular formula is C20H22N2O6. The average molecular weight is 386 g/mol. The first-order valence-corrected chi connectivity index (χ1v) is 8.58. The van der Waals surface area contributed by atoms with Gasteiger partial charge in [-0.1, -0.05) is 6.07 Å². The first-order valence-electron chi connectivity index (χ1n) is 8.58. The minimum atomic E-state index is -1.54. The smallest absolute Gasteiger partial charge is 0.315 e. The van der Waals surface area contributed by atoms with Crippen molar-refractivity contribution in [3.05, 3.63) is 72.1 Å². The van der Waals surface area contributed by atoms with Crippen LogP contribution >= 0.6 is 0 Å². The maximum atomic E-state index is 12.2. The molecular weight excluding hydrogens is 364 g/mol. The molecule has 148 valence electrons. The van der Waals surface area contributed by atoms with Gasteiger partial charge >= 0.3 is 6.03 Å². The van der Waals surface area contributed by atoms with Crippen molar-refractivity contribution < 1.29 is 28.2 Å². The van der Waals surface area contributed by atoms with Crippen LogP contribution in [0.4, 0.5) is 4.79 Å². The van der Waals surface area contributed by atoms with Crippen LogP contribution in [0.3, 0.4) is 0 Å². The summed E-state index contributed by atoms with van der Waals surface area (Å²) in [5, 5.41) is 16.5. The van der Waals surface area contributed by atoms with Crippen LogP contribution in [0.1, 0.15) is 16.9 Å². The summed E-state index contributed by atoms with van der Waals surface area (Å²) < 4.78 is 20.8. The number of benzene rings is 1. The number of hydrogen-bond donors (Lipinski definition) is 3. The molecule has 0 unspecified atom stereocenters. The summed E-state index contributed by atoms with van der Waals surface area (Å²) in [7, 11) is 3.11. The number of aliphatic hydroxyl groups is 1. The lowest BCUT2D eigenvalue weighted by molar-refractivity contribution is 0.0581. The molecule has 0 aliphatic heterocycles. The normalized spacial score (nSPS) is 12.8. The van der Waals surface area contributed by atoms with Crippen LogP contribution in [0.5, 0.6) is 11.5 Å². The van der Waals surface area contributed by atoms with E-state index < -0.39 is 11.6 Å². The fraction of sp³-hybridized carbons (Fsp3) is 0.250. The third-order valence-electron chi connectivity index (χ3n) is 4.33. The van der Waals surface area contributed by atoms with Gasteiger partial charge in [-0.25, -0.2) is 4.79 Å². The molecule has 1 atom stereocenters. The van der Waals surface area contributed by atoms with Crippen LogP contribution in [0.15, 0.2) is 64.0 Å². The molecule has 3 rings (SSSR count). The van der Waals surface area contributed by atoms with Crippen LogP contribution < -0.4 is 20.1 Å². The Kier molecular flexibility index (Phi) is 5.90. The summed E-state index contributed by atoms with van der Waals surface area (Å²) >= 11 is 0. The summed E-state index contributed by atoms with van der Waals surface area (Å²) in [4.78, 5) is 12.2. The van der Waals surface area contributed by atoms with Gasteiger partial charge in [-0.2, -0.15) is 0 Å². The molecule has 0 radical (unpaired) electrons. The van der Waals surface area contributed by atoms with E-state index in [1.807, 2.05) is 6.07 Å². The SMILES string of the molecule is COc1ccc(CNC(=O)NC[C@](O)(c2ccoc2)c2ccco2)cc1OC. The number of urea groups is 1. The minimum absolute atomic E-state index is 0.0994. The highest BCUT2D eigenvalue weighted by Crippen LogP contribution is 2.30. The van der Waals surface area contributed by atoms with Crippen LogP contribution in [0, 0.1) is 0 Å². The van der Waals surface area contributed by atoms with Gasteiger partial charge in [0.1, 0.15) is 5.76 Å². The van der Waals surface area contributed by atoms with Crippen LogP contribution in [-0.2, 0) is 12.1 Å². The summed E-state index contributed by atoms with van der Waals surface area (Å²) in [6, 6.07) is 9.85. The average Bonchev–Trinajstić information content (AvgIpc) is 3.44. The monoisotopic (exact) mass is 386 g/mol. The Bertz CT molecular complexity index is 855. The Morgan fingerprint density at radius 3 is 2.57 bits per heavy atom. The Hall–Kier alpha value is -3.39. The van der Waals surface area contributed by atoms with Crippen molar-refractivity contribution in [2.75, 3.05) is 20.8 Å². The molecule has 0 saturated carbocycles. The van der Waals surface area contributed by atoms with E-state index in [1.54, 1.807) is 44.6 Å². The quantitative estimate of drug-likeness (QED) is 0.550. The van der Waals surface area contributed by atoms with E-state index in [4.69, 9.17) is 18.3 Å². The molecule has 3 N–H and O–H groups in total. The van der Waals surface area contributed by atoms with Crippen molar-refractivity contribution in [3.8, 4) is 11.5 Å². The fourth-order valence-electron chi connectivity index (χ4n) is 2.79. The number of furan rings is 2. The van der Waals surface area contributed by atoms with E-state index in [0.29, 0.717) is 22.8 Å². The van der Waals surface area contributed by atoms with Gasteiger partial charge in [0.15, 0.2) is 17.1 Å². The highest BCUT2D eigenvalue weighted by molar-refractivity contribution is 5.74. The number of rotatable bonds is 8. The van der Waals surface area contributed by atoms with Gasteiger partial charge in [-0.3, -0.25) is 0 Å². The third-order valence-corrected chi connectivity index (χ3v) is 4.33. The van der Waals surface area contributed by atoms with Gasteiger partial charge in [-0.15, -0.1) is 0 Å². The number of nitrogens with one attached hydrogen (secondary N) is 2. The molecule has 28 heavy (non-hydrogen) atoms. The number of carbonyl (C=O) groups is 1. The van der Waals surface area contributed by atoms with E-state index in [0.717, 1.165) is 5.56 Å². The van der Waals surface area contributed by atoms with Crippen molar-refractivity contribution >= 4 is 6.03 Å². The largest absolute Gasteiger partial charge is 0.493 e. The zero-order valence-electron chi connectivity index (χ0n) is 15.6. The van der Waals surface area contributed by atoms with Crippen LogP contribution in [-0.4, -0.2) is 31.9 Å². The van der Waals surface area contributed by atoms with Crippen LogP contribution in [0.2, 0.25) is 0 Å². The third kappa shape index (κ3) is 4.12. The van der Waals surface area contributed by atoms with Gasteiger partial charge < -0.3 is 34.0 Å². The molecule has 0 saturated heterocycles. The van der Waals surface area contributed by atoms with Crippen LogP contribution in [0.25, 0.3) is 0 Å². The summed E-state index contributed by atoms with van der Waals surface area (Å²) in [5.74, 6) is 1.49. The van der Waals surface area contributed by atoms with Crippen molar-refractivity contribution in [3.63, 3.8) is 0 Å². The highest BCUT2D eigenvalue weighted by atomic mass is 16.5. The second-order valence-electron chi connectivity index (χ2n) is 6.08. The molecule has 0 fully saturated rings. The maximum absolute atomic E-state index is 12.2. The van der Waals surface area contributed by atoms with E-state index in [9.17, 15) is 9.90 Å². The standard InChI is InChI=1S/C20H22N2O6/c1-25-16-6-5-14(10-17(16)26-2)11-21-19(23)22-13-20(24,15-7-9-27-12-15)18-4-3-8-28-18/h3-10,12,24H,11,13H2,1-2H3,(H2,21,22,23)/t20-/m0/s1. The zero-order chi connectivity index (χ0) is 20.0. The molecule has 8 heteroatoms. The fourth-order valence-corrected chi connectivity index (χ4v) is 2.79. The van der Waals surface area contributed by atoms with E-state index in [1.165, 1.54) is 18.8 Å². The predicted molar refractivity (Wildman–Crippen MR) is 100 cm³/mol. The Labute approximate surface area is 162 Å². The van der Waals surface area contributed by atoms with Gasteiger partial charge in [0.05, 0.1) is 39.6 Å². The summed E-state index contributed by atoms with van der Waals surface area (Å²) in [6.45, 7) is 0.175. The van der Waals surface area contributed by atoms with Crippen molar-refractivity contribution in [1.82, 2.24) is 10.6 Å². The zero-order valence-corrected chi connectivity index (χ0v) is 15.6. The lowest BCUT2D eigenvalue weighted by atomic mass is 9.93. The first-order chi connectivity index (χ1) is 13.6. The second-order valence-corrected chi connectivity index (χ2v) is 6.08. The van der Waals surface area contributed by atoms with E-state index in [2.05, 4.69) is 10.6 Å². The minimum Gasteiger partial charge on any atom is -0.493 e.